The highest BCUT2D eigenvalue weighted by Crippen LogP contribution is 2.28. The highest BCUT2D eigenvalue weighted by molar-refractivity contribution is 5.32. The van der Waals surface area contributed by atoms with Gasteiger partial charge in [0.05, 0.1) is 12.1 Å². The average molecular weight is 243 g/mol. The maximum Gasteiger partial charge on any atom is 0.127 e. The van der Waals surface area contributed by atoms with E-state index in [2.05, 4.69) is 27.4 Å². The predicted octanol–water partition coefficient (Wildman–Crippen LogP) is 2.26. The van der Waals surface area contributed by atoms with Gasteiger partial charge in [-0.2, -0.15) is 0 Å². The van der Waals surface area contributed by atoms with Crippen molar-refractivity contribution in [3.63, 3.8) is 0 Å². The van der Waals surface area contributed by atoms with Gasteiger partial charge < -0.3 is 15.0 Å². The zero-order valence-electron chi connectivity index (χ0n) is 10.4. The number of hydrogen-bond acceptors (Lipinski definition) is 3. The first-order valence-electron chi connectivity index (χ1n) is 6.30. The molecule has 0 saturated heterocycles. The van der Waals surface area contributed by atoms with E-state index in [0.717, 1.165) is 11.6 Å². The molecule has 1 aromatic heterocycles. The van der Waals surface area contributed by atoms with Gasteiger partial charge in [-0.15, -0.1) is 0 Å². The summed E-state index contributed by atoms with van der Waals surface area (Å²) in [6.07, 6.45) is 6.43. The van der Waals surface area contributed by atoms with Gasteiger partial charge in [-0.05, 0) is 37.6 Å². The summed E-state index contributed by atoms with van der Waals surface area (Å²) >= 11 is 0. The van der Waals surface area contributed by atoms with Gasteiger partial charge in [-0.1, -0.05) is 12.1 Å². The minimum atomic E-state index is 0.0926. The molecule has 2 N–H and O–H groups in total. The molecule has 2 aromatic rings. The van der Waals surface area contributed by atoms with Crippen molar-refractivity contribution in [1.29, 1.82) is 0 Å². The Morgan fingerprint density at radius 3 is 2.67 bits per heavy atom. The van der Waals surface area contributed by atoms with E-state index in [1.165, 1.54) is 18.4 Å². The van der Waals surface area contributed by atoms with Crippen molar-refractivity contribution < 1.29 is 4.74 Å². The third kappa shape index (κ3) is 2.38. The third-order valence-electron chi connectivity index (χ3n) is 3.12. The Bertz CT molecular complexity index is 488. The van der Waals surface area contributed by atoms with Crippen LogP contribution >= 0.6 is 0 Å². The molecular weight excluding hydrogens is 226 g/mol. The molecule has 0 bridgehead atoms. The minimum Gasteiger partial charge on any atom is -0.490 e. The fourth-order valence-corrected chi connectivity index (χ4v) is 2.01. The Morgan fingerprint density at radius 2 is 2.11 bits per heavy atom. The molecule has 0 radical (unpaired) electrons. The molecule has 1 unspecified atom stereocenters. The van der Waals surface area contributed by atoms with E-state index in [-0.39, 0.29) is 6.04 Å². The molecule has 1 aliphatic rings. The lowest BCUT2D eigenvalue weighted by Crippen LogP contribution is -2.18. The van der Waals surface area contributed by atoms with Crippen LogP contribution in [-0.2, 0) is 0 Å². The van der Waals surface area contributed by atoms with Crippen molar-refractivity contribution in [3.05, 3.63) is 48.0 Å². The molecule has 1 aromatic carbocycles. The quantitative estimate of drug-likeness (QED) is 0.847. The van der Waals surface area contributed by atoms with E-state index in [1.54, 1.807) is 6.20 Å². The fraction of sp³-hybridized carbons (Fsp3) is 0.357. The van der Waals surface area contributed by atoms with Crippen molar-refractivity contribution in [3.8, 4) is 5.75 Å². The van der Waals surface area contributed by atoms with Crippen LogP contribution in [0.4, 0.5) is 0 Å². The predicted molar refractivity (Wildman–Crippen MR) is 69.6 cm³/mol. The van der Waals surface area contributed by atoms with Gasteiger partial charge >= 0.3 is 0 Å². The van der Waals surface area contributed by atoms with Crippen molar-refractivity contribution in [1.82, 2.24) is 15.3 Å². The Morgan fingerprint density at radius 1 is 1.33 bits per heavy atom. The molecule has 0 amide bonds. The molecular formula is C14H17N3O. The van der Waals surface area contributed by atoms with Crippen LogP contribution in [0.3, 0.4) is 0 Å². The molecule has 1 aliphatic carbocycles. The maximum absolute atomic E-state index is 5.74. The summed E-state index contributed by atoms with van der Waals surface area (Å²) in [5.41, 5.74) is 1.18. The average Bonchev–Trinajstić information content (AvgIpc) is 3.05. The van der Waals surface area contributed by atoms with E-state index in [0.29, 0.717) is 6.10 Å². The van der Waals surface area contributed by atoms with Gasteiger partial charge in [0, 0.05) is 12.4 Å². The molecule has 1 fully saturated rings. The number of hydrogen-bond donors (Lipinski definition) is 2. The number of H-pyrrole nitrogens is 1. The first-order valence-corrected chi connectivity index (χ1v) is 6.30. The van der Waals surface area contributed by atoms with E-state index in [4.69, 9.17) is 4.74 Å². The monoisotopic (exact) mass is 243 g/mol. The lowest BCUT2D eigenvalue weighted by atomic mass is 10.1. The van der Waals surface area contributed by atoms with Gasteiger partial charge in [0.15, 0.2) is 0 Å². The van der Waals surface area contributed by atoms with E-state index < -0.39 is 0 Å². The summed E-state index contributed by atoms with van der Waals surface area (Å²) < 4.78 is 5.74. The molecule has 1 atom stereocenters. The normalized spacial score (nSPS) is 16.5. The summed E-state index contributed by atoms with van der Waals surface area (Å²) in [5.74, 6) is 1.88. The molecule has 18 heavy (non-hydrogen) atoms. The van der Waals surface area contributed by atoms with Crippen LogP contribution in [0.5, 0.6) is 5.75 Å². The largest absolute Gasteiger partial charge is 0.490 e. The second-order valence-electron chi connectivity index (χ2n) is 4.58. The summed E-state index contributed by atoms with van der Waals surface area (Å²) in [6.45, 7) is 0. The first kappa shape index (κ1) is 11.3. The Hall–Kier alpha value is -1.81. The molecule has 4 nitrogen and oxygen atoms in total. The van der Waals surface area contributed by atoms with Gasteiger partial charge in [0.25, 0.3) is 0 Å². The van der Waals surface area contributed by atoms with Gasteiger partial charge in [-0.3, -0.25) is 0 Å². The van der Waals surface area contributed by atoms with Gasteiger partial charge in [0.2, 0.25) is 0 Å². The number of imidazole rings is 1. The van der Waals surface area contributed by atoms with Crippen molar-refractivity contribution in [2.24, 2.45) is 0 Å². The number of nitrogens with zero attached hydrogens (tertiary/aromatic N) is 1. The highest BCUT2D eigenvalue weighted by atomic mass is 16.5. The lowest BCUT2D eigenvalue weighted by Gasteiger charge is -2.14. The van der Waals surface area contributed by atoms with Crippen LogP contribution in [0.1, 0.15) is 30.3 Å². The number of benzene rings is 1. The summed E-state index contributed by atoms with van der Waals surface area (Å²) in [4.78, 5) is 7.43. The van der Waals surface area contributed by atoms with Crippen LogP contribution in [0, 0.1) is 0 Å². The summed E-state index contributed by atoms with van der Waals surface area (Å²) in [7, 11) is 1.93. The SMILES string of the molecule is CNC(c1ccc(OC2CC2)cc1)c1ncc[nH]1. The molecule has 0 spiro atoms. The Labute approximate surface area is 106 Å². The van der Waals surface area contributed by atoms with Gasteiger partial charge in [-0.25, -0.2) is 4.98 Å². The number of aromatic amines is 1. The van der Waals surface area contributed by atoms with Crippen LogP contribution in [0.25, 0.3) is 0 Å². The number of ether oxygens (including phenoxy) is 1. The van der Waals surface area contributed by atoms with Crippen molar-refractivity contribution in [2.75, 3.05) is 7.05 Å². The highest BCUT2D eigenvalue weighted by Gasteiger charge is 2.23. The molecule has 0 aliphatic heterocycles. The third-order valence-corrected chi connectivity index (χ3v) is 3.12. The smallest absolute Gasteiger partial charge is 0.127 e. The Balaban J connectivity index is 1.77. The molecule has 4 heteroatoms. The fourth-order valence-electron chi connectivity index (χ4n) is 2.01. The number of nitrogens with one attached hydrogen (secondary N) is 2. The van der Waals surface area contributed by atoms with Crippen molar-refractivity contribution >= 4 is 0 Å². The molecule has 1 saturated carbocycles. The second kappa shape index (κ2) is 4.82. The Kier molecular flexibility index (Phi) is 3.02. The summed E-state index contributed by atoms with van der Waals surface area (Å²) in [5, 5.41) is 3.26. The lowest BCUT2D eigenvalue weighted by molar-refractivity contribution is 0.303. The molecule has 94 valence electrons. The van der Waals surface area contributed by atoms with Crippen LogP contribution in [0.2, 0.25) is 0 Å². The number of aromatic nitrogens is 2. The zero-order chi connectivity index (χ0) is 12.4. The topological polar surface area (TPSA) is 49.9 Å². The van der Waals surface area contributed by atoms with E-state index in [1.807, 2.05) is 25.4 Å². The van der Waals surface area contributed by atoms with Crippen molar-refractivity contribution in [2.45, 2.75) is 25.0 Å². The van der Waals surface area contributed by atoms with Crippen LogP contribution in [0.15, 0.2) is 36.7 Å². The number of rotatable bonds is 5. The van der Waals surface area contributed by atoms with Crippen LogP contribution in [-0.4, -0.2) is 23.1 Å². The van der Waals surface area contributed by atoms with Gasteiger partial charge in [0.1, 0.15) is 11.6 Å². The second-order valence-corrected chi connectivity index (χ2v) is 4.58. The first-order chi connectivity index (χ1) is 8.86. The molecule has 1 heterocycles. The maximum atomic E-state index is 5.74. The van der Waals surface area contributed by atoms with Crippen LogP contribution < -0.4 is 10.1 Å². The molecule has 3 rings (SSSR count). The standard InChI is InChI=1S/C14H17N3O/c1-15-13(14-16-8-9-17-14)10-2-4-11(5-3-10)18-12-6-7-12/h2-5,8-9,12-13,15H,6-7H2,1H3,(H,16,17). The summed E-state index contributed by atoms with van der Waals surface area (Å²) in [6, 6.07) is 8.32. The zero-order valence-corrected chi connectivity index (χ0v) is 10.4. The minimum absolute atomic E-state index is 0.0926. The van der Waals surface area contributed by atoms with E-state index >= 15 is 0 Å². The van der Waals surface area contributed by atoms with E-state index in [9.17, 15) is 0 Å².